The van der Waals surface area contributed by atoms with Crippen molar-refractivity contribution in [2.45, 2.75) is 20.3 Å². The van der Waals surface area contributed by atoms with E-state index in [0.717, 1.165) is 24.5 Å². The van der Waals surface area contributed by atoms with Crippen LogP contribution in [0.15, 0.2) is 24.3 Å². The van der Waals surface area contributed by atoms with Gasteiger partial charge in [-0.15, -0.1) is 0 Å². The molecule has 2 N–H and O–H groups in total. The van der Waals surface area contributed by atoms with E-state index in [1.807, 2.05) is 24.3 Å². The molecular formula is C14H23NO2. The van der Waals surface area contributed by atoms with E-state index >= 15 is 0 Å². The summed E-state index contributed by atoms with van der Waals surface area (Å²) >= 11 is 0. The molecule has 0 amide bonds. The van der Waals surface area contributed by atoms with Crippen molar-refractivity contribution in [1.29, 1.82) is 0 Å². The average molecular weight is 237 g/mol. The van der Waals surface area contributed by atoms with Crippen molar-refractivity contribution in [2.24, 2.45) is 17.6 Å². The fourth-order valence-corrected chi connectivity index (χ4v) is 1.72. The van der Waals surface area contributed by atoms with Gasteiger partial charge in [0.15, 0.2) is 0 Å². The molecule has 0 aliphatic heterocycles. The van der Waals surface area contributed by atoms with Gasteiger partial charge >= 0.3 is 0 Å². The third kappa shape index (κ3) is 4.65. The van der Waals surface area contributed by atoms with Gasteiger partial charge < -0.3 is 15.2 Å². The molecule has 1 aromatic carbocycles. The zero-order valence-electron chi connectivity index (χ0n) is 11.0. The highest BCUT2D eigenvalue weighted by Crippen LogP contribution is 2.18. The first kappa shape index (κ1) is 13.8. The van der Waals surface area contributed by atoms with E-state index in [9.17, 15) is 0 Å². The summed E-state index contributed by atoms with van der Waals surface area (Å²) in [5, 5.41) is 0. The van der Waals surface area contributed by atoms with E-state index in [-0.39, 0.29) is 0 Å². The van der Waals surface area contributed by atoms with E-state index in [0.29, 0.717) is 18.4 Å². The van der Waals surface area contributed by atoms with Crippen LogP contribution in [0.3, 0.4) is 0 Å². The maximum Gasteiger partial charge on any atom is 0.119 e. The van der Waals surface area contributed by atoms with E-state index in [4.69, 9.17) is 15.2 Å². The summed E-state index contributed by atoms with van der Waals surface area (Å²) in [6.07, 6.45) is 1.00. The summed E-state index contributed by atoms with van der Waals surface area (Å²) in [5.74, 6) is 2.87. The Balaban J connectivity index is 2.34. The summed E-state index contributed by atoms with van der Waals surface area (Å²) in [6, 6.07) is 7.65. The van der Waals surface area contributed by atoms with Gasteiger partial charge in [-0.2, -0.15) is 0 Å². The first-order valence-corrected chi connectivity index (χ1v) is 6.14. The largest absolute Gasteiger partial charge is 0.497 e. The molecule has 0 spiro atoms. The van der Waals surface area contributed by atoms with Gasteiger partial charge in [0.25, 0.3) is 0 Å². The van der Waals surface area contributed by atoms with Crippen LogP contribution in [0, 0.1) is 11.8 Å². The van der Waals surface area contributed by atoms with Gasteiger partial charge in [-0.25, -0.2) is 0 Å². The highest BCUT2D eigenvalue weighted by molar-refractivity contribution is 5.31. The van der Waals surface area contributed by atoms with Crippen LogP contribution in [0.25, 0.3) is 0 Å². The lowest BCUT2D eigenvalue weighted by molar-refractivity contribution is 0.252. The van der Waals surface area contributed by atoms with Crippen molar-refractivity contribution in [3.05, 3.63) is 24.3 Å². The number of nitrogens with two attached hydrogens (primary N) is 1. The molecule has 0 aliphatic rings. The van der Waals surface area contributed by atoms with Crippen LogP contribution in [-0.4, -0.2) is 20.3 Å². The smallest absolute Gasteiger partial charge is 0.119 e. The number of ether oxygens (including phenoxy) is 2. The lowest BCUT2D eigenvalue weighted by Crippen LogP contribution is -2.22. The molecule has 0 fully saturated rings. The Labute approximate surface area is 104 Å². The van der Waals surface area contributed by atoms with Crippen LogP contribution in [0.1, 0.15) is 20.3 Å². The van der Waals surface area contributed by atoms with Gasteiger partial charge in [0.05, 0.1) is 13.7 Å². The van der Waals surface area contributed by atoms with Crippen LogP contribution in [0.4, 0.5) is 0 Å². The van der Waals surface area contributed by atoms with Crippen LogP contribution >= 0.6 is 0 Å². The summed E-state index contributed by atoms with van der Waals surface area (Å²) in [7, 11) is 1.66. The monoisotopic (exact) mass is 237 g/mol. The summed E-state index contributed by atoms with van der Waals surface area (Å²) in [5.41, 5.74) is 5.72. The summed E-state index contributed by atoms with van der Waals surface area (Å²) in [4.78, 5) is 0. The molecule has 1 unspecified atom stereocenters. The lowest BCUT2D eigenvalue weighted by Gasteiger charge is -2.18. The van der Waals surface area contributed by atoms with Crippen molar-refractivity contribution < 1.29 is 9.47 Å². The molecule has 0 heterocycles. The Morgan fingerprint density at radius 2 is 1.71 bits per heavy atom. The molecule has 0 saturated carbocycles. The maximum absolute atomic E-state index is 5.72. The molecule has 96 valence electrons. The Kier molecular flexibility index (Phi) is 5.84. The molecule has 1 rings (SSSR count). The molecule has 0 aromatic heterocycles. The Morgan fingerprint density at radius 1 is 1.12 bits per heavy atom. The van der Waals surface area contributed by atoms with Crippen LogP contribution in [-0.2, 0) is 0 Å². The minimum Gasteiger partial charge on any atom is -0.497 e. The Morgan fingerprint density at radius 3 is 2.18 bits per heavy atom. The van der Waals surface area contributed by atoms with Crippen molar-refractivity contribution in [3.8, 4) is 11.5 Å². The molecular weight excluding hydrogens is 214 g/mol. The van der Waals surface area contributed by atoms with Crippen molar-refractivity contribution in [2.75, 3.05) is 20.3 Å². The predicted octanol–water partition coefficient (Wildman–Crippen LogP) is 2.70. The molecule has 1 aromatic rings. The second-order valence-corrected chi connectivity index (χ2v) is 4.55. The maximum atomic E-state index is 5.72. The van der Waals surface area contributed by atoms with Gasteiger partial charge in [0.1, 0.15) is 11.5 Å². The van der Waals surface area contributed by atoms with Crippen molar-refractivity contribution in [3.63, 3.8) is 0 Å². The Hall–Kier alpha value is -1.22. The fraction of sp³-hybridized carbons (Fsp3) is 0.571. The zero-order valence-corrected chi connectivity index (χ0v) is 11.0. The number of rotatable bonds is 7. The van der Waals surface area contributed by atoms with E-state index in [1.54, 1.807) is 7.11 Å². The van der Waals surface area contributed by atoms with Gasteiger partial charge in [-0.1, -0.05) is 13.8 Å². The van der Waals surface area contributed by atoms with E-state index < -0.39 is 0 Å². The SMILES string of the molecule is COc1ccc(OCCC(CN)C(C)C)cc1. The van der Waals surface area contributed by atoms with Crippen LogP contribution in [0.2, 0.25) is 0 Å². The van der Waals surface area contributed by atoms with E-state index in [1.165, 1.54) is 0 Å². The highest BCUT2D eigenvalue weighted by atomic mass is 16.5. The van der Waals surface area contributed by atoms with Crippen molar-refractivity contribution >= 4 is 0 Å². The minimum atomic E-state index is 0.535. The Bertz CT molecular complexity index is 309. The molecule has 0 bridgehead atoms. The first-order chi connectivity index (χ1) is 8.17. The van der Waals surface area contributed by atoms with Gasteiger partial charge in [-0.3, -0.25) is 0 Å². The van der Waals surface area contributed by atoms with Gasteiger partial charge in [0.2, 0.25) is 0 Å². The number of benzene rings is 1. The topological polar surface area (TPSA) is 44.5 Å². The van der Waals surface area contributed by atoms with Crippen LogP contribution < -0.4 is 15.2 Å². The fourth-order valence-electron chi connectivity index (χ4n) is 1.72. The minimum absolute atomic E-state index is 0.535. The molecule has 0 aliphatic carbocycles. The summed E-state index contributed by atoms with van der Waals surface area (Å²) in [6.45, 7) is 5.84. The van der Waals surface area contributed by atoms with E-state index in [2.05, 4.69) is 13.8 Å². The number of methoxy groups -OCH3 is 1. The molecule has 1 atom stereocenters. The lowest BCUT2D eigenvalue weighted by atomic mass is 9.93. The van der Waals surface area contributed by atoms with Gasteiger partial charge in [0, 0.05) is 0 Å². The third-order valence-corrected chi connectivity index (χ3v) is 3.06. The first-order valence-electron chi connectivity index (χ1n) is 6.14. The predicted molar refractivity (Wildman–Crippen MR) is 70.5 cm³/mol. The summed E-state index contributed by atoms with van der Waals surface area (Å²) < 4.78 is 10.8. The standard InChI is InChI=1S/C14H23NO2/c1-11(2)12(10-15)8-9-17-14-6-4-13(16-3)5-7-14/h4-7,11-12H,8-10,15H2,1-3H3. The third-order valence-electron chi connectivity index (χ3n) is 3.06. The van der Waals surface area contributed by atoms with Crippen molar-refractivity contribution in [1.82, 2.24) is 0 Å². The zero-order chi connectivity index (χ0) is 12.7. The van der Waals surface area contributed by atoms with Crippen LogP contribution in [0.5, 0.6) is 11.5 Å². The number of hydrogen-bond acceptors (Lipinski definition) is 3. The second kappa shape index (κ2) is 7.17. The quantitative estimate of drug-likeness (QED) is 0.793. The number of hydrogen-bond donors (Lipinski definition) is 1. The highest BCUT2D eigenvalue weighted by Gasteiger charge is 2.11. The van der Waals surface area contributed by atoms with Gasteiger partial charge in [-0.05, 0) is 49.1 Å². The molecule has 3 nitrogen and oxygen atoms in total. The molecule has 17 heavy (non-hydrogen) atoms. The average Bonchev–Trinajstić information content (AvgIpc) is 2.35. The second-order valence-electron chi connectivity index (χ2n) is 4.55. The molecule has 0 radical (unpaired) electrons. The normalized spacial score (nSPS) is 12.5. The molecule has 3 heteroatoms. The molecule has 0 saturated heterocycles.